The van der Waals surface area contributed by atoms with Crippen molar-refractivity contribution in [1.29, 1.82) is 0 Å². The zero-order valence-corrected chi connectivity index (χ0v) is 50.8. The summed E-state index contributed by atoms with van der Waals surface area (Å²) in [5.41, 5.74) is -2.13. The summed E-state index contributed by atoms with van der Waals surface area (Å²) in [4.78, 5) is 111. The number of thioether (sulfide) groups is 1. The molecule has 0 unspecified atom stereocenters. The maximum atomic E-state index is 12.1. The molecule has 8 rings (SSSR count). The van der Waals surface area contributed by atoms with E-state index in [-0.39, 0.29) is 127 Å². The number of alkyl halides is 1. The van der Waals surface area contributed by atoms with Gasteiger partial charge < -0.3 is 46.8 Å². The van der Waals surface area contributed by atoms with Crippen molar-refractivity contribution in [3.8, 4) is 0 Å². The molecule has 0 radical (unpaired) electrons. The molecule has 36 heteroatoms. The minimum Gasteiger partial charge on any atom is -0.796 e. The summed E-state index contributed by atoms with van der Waals surface area (Å²) in [6.45, 7) is -0.0581. The van der Waals surface area contributed by atoms with E-state index in [1.165, 1.54) is 72.3 Å². The van der Waals surface area contributed by atoms with Crippen molar-refractivity contribution in [2.75, 3.05) is 50.5 Å². The van der Waals surface area contributed by atoms with Crippen molar-refractivity contribution in [1.82, 2.24) is 65.2 Å². The zero-order valence-electron chi connectivity index (χ0n) is 43.3. The van der Waals surface area contributed by atoms with Gasteiger partial charge in [-0.2, -0.15) is 16.2 Å². The Morgan fingerprint density at radius 1 is 0.571 bits per heavy atom. The van der Waals surface area contributed by atoms with Crippen LogP contribution in [0.1, 0.15) is 13.0 Å². The molecule has 7 aromatic rings. The fourth-order valence-electron chi connectivity index (χ4n) is 7.13. The second-order valence-electron chi connectivity index (χ2n) is 15.5. The van der Waals surface area contributed by atoms with Crippen LogP contribution < -0.4 is 74.6 Å². The van der Waals surface area contributed by atoms with Crippen LogP contribution in [0.4, 0.5) is 5.82 Å². The van der Waals surface area contributed by atoms with Gasteiger partial charge in [0.25, 0.3) is 22.2 Å². The molecule has 4 N–H and O–H groups in total. The smallest absolute Gasteiger partial charge is 0.796 e. The molecule has 0 fully saturated rings. The van der Waals surface area contributed by atoms with Gasteiger partial charge in [-0.05, 0) is 17.9 Å². The third-order valence-electron chi connectivity index (χ3n) is 10.8. The van der Waals surface area contributed by atoms with Gasteiger partial charge in [0.1, 0.15) is 11.0 Å². The summed E-state index contributed by atoms with van der Waals surface area (Å²) < 4.78 is 36.6. The normalized spacial score (nSPS) is 11.3. The van der Waals surface area contributed by atoms with E-state index in [0.29, 0.717) is 44.6 Å². The van der Waals surface area contributed by atoms with Gasteiger partial charge in [0.15, 0.2) is 38.6 Å². The quantitative estimate of drug-likeness (QED) is 0.0344. The van der Waals surface area contributed by atoms with Gasteiger partial charge in [0.2, 0.25) is 20.3 Å². The molecule has 0 amide bonds. The Bertz CT molecular complexity index is 3920. The summed E-state index contributed by atoms with van der Waals surface area (Å²) >= 11 is 20.0. The van der Waals surface area contributed by atoms with E-state index in [1.807, 2.05) is 6.26 Å². The van der Waals surface area contributed by atoms with Crippen molar-refractivity contribution in [2.24, 2.45) is 61.4 Å². The molecule has 0 saturated carbocycles. The topological polar surface area (TPSA) is 357 Å². The molecule has 0 aliphatic carbocycles. The van der Waals surface area contributed by atoms with Gasteiger partial charge in [-0.25, -0.2) is 37.6 Å². The Balaban J connectivity index is 0.000000494. The predicted octanol–water partition coefficient (Wildman–Crippen LogP) is -5.86. The summed E-state index contributed by atoms with van der Waals surface area (Å²) in [6, 6.07) is 0. The number of imidazole rings is 3. The van der Waals surface area contributed by atoms with Crippen molar-refractivity contribution in [3.63, 3.8) is 0 Å². The van der Waals surface area contributed by atoms with E-state index in [9.17, 15) is 46.8 Å². The summed E-state index contributed by atoms with van der Waals surface area (Å²) in [5, 5.41) is 36.2. The number of hydrogen-bond donors (Lipinski definition) is 4. The molecule has 29 nitrogen and oxygen atoms in total. The van der Waals surface area contributed by atoms with Crippen LogP contribution in [0.2, 0.25) is 5.28 Å². The van der Waals surface area contributed by atoms with Crippen molar-refractivity contribution < 1.29 is 58.4 Å². The van der Waals surface area contributed by atoms with E-state index >= 15 is 0 Å². The first-order valence-corrected chi connectivity index (χ1v) is 27.3. The molecule has 1 aliphatic heterocycles. The summed E-state index contributed by atoms with van der Waals surface area (Å²) in [6.07, 6.45) is 4.68. The van der Waals surface area contributed by atoms with E-state index in [2.05, 4.69) is 48.5 Å². The molecule has 0 bridgehead atoms. The number of aromatic nitrogens is 14. The van der Waals surface area contributed by atoms with Gasteiger partial charge in [-0.1, -0.05) is 46.7 Å². The fraction of sp³-hybridized carbons (Fsp3) is 0.512. The molecule has 0 saturated heterocycles. The second kappa shape index (κ2) is 30.1. The van der Waals surface area contributed by atoms with Crippen LogP contribution in [0.5, 0.6) is 0 Å². The molecular formula is C41H59BrCl2N15NaO14S3. The molecule has 422 valence electrons. The molecule has 8 heterocycles. The molecule has 1 aliphatic rings. The standard InChI is InChI=1S/C10H14N4O5S.C10H14N4O3S.C9H11ClN4O3.C8H8ClN3O2.C2H5BrO.CH4S.CH4.Na/c1-12-7-6(8(16)13(2)10(12)17)14(4-5-15)9(11-7)20(3,18)19;1-12-7-6(8(16)13(2)10(12)17)14(4-5-15)9(11-7)18-3;1-12-6-5(7(16)13(2)9(12)17)14(3-4-15)8(10)11-6;1-11-6-4(3-5(9)10-6)7(13)12(2)8(11)14;3-1-2-4;1-2;;/h15H,4-5H2,1-3H3;15H,4-5H2,1-3H3;15H,3-4H2,1-2H3;3H2,1-2H3;4H,1-2H2;2H,1H3;1H4;/q;;;;;;;+1/p-1. The first kappa shape index (κ1) is 70.4. The Labute approximate surface area is 487 Å². The number of halogens is 3. The van der Waals surface area contributed by atoms with Crippen LogP contribution in [0, 0.1) is 0 Å². The van der Waals surface area contributed by atoms with E-state index in [4.69, 9.17) is 43.6 Å². The summed E-state index contributed by atoms with van der Waals surface area (Å²) in [7, 11) is 7.90. The number of fused-ring (bicyclic) bond motifs is 4. The number of aliphatic hydroxyl groups excluding tert-OH is 4. The average Bonchev–Trinajstić information content (AvgIpc) is 4.17. The Morgan fingerprint density at radius 3 is 1.32 bits per heavy atom. The Hall–Kier alpha value is -4.65. The van der Waals surface area contributed by atoms with E-state index in [0.717, 1.165) is 33.7 Å². The predicted molar refractivity (Wildman–Crippen MR) is 296 cm³/mol. The maximum Gasteiger partial charge on any atom is 1.00 e. The van der Waals surface area contributed by atoms with E-state index < -0.39 is 43.6 Å². The van der Waals surface area contributed by atoms with Gasteiger partial charge in [-0.15, -0.1) is 0 Å². The fourth-order valence-corrected chi connectivity index (χ4v) is 9.01. The van der Waals surface area contributed by atoms with Gasteiger partial charge in [0.05, 0.1) is 32.0 Å². The Morgan fingerprint density at radius 2 is 0.922 bits per heavy atom. The van der Waals surface area contributed by atoms with Gasteiger partial charge >= 0.3 is 52.3 Å². The zero-order chi connectivity index (χ0) is 57.3. The molecule has 0 spiro atoms. The van der Waals surface area contributed by atoms with Crippen LogP contribution in [0.25, 0.3) is 33.5 Å². The third kappa shape index (κ3) is 14.6. The van der Waals surface area contributed by atoms with Crippen LogP contribution in [0.15, 0.2) is 53.7 Å². The molecule has 0 atom stereocenters. The SMILES string of the molecule is C.CSc1nc2c(c(=O)n(C)c(=O)n2C)n1CCO.C[S-].Cn1c(=O)c2c(nc(Cl)n2CCO)n(C)c1=O.Cn1c(=O)c2c(nc(S(C)(=O)=O)n2CCO)n(C)c1=O.Cn1c2c(c(=O)n(C)c1=O)CC(Cl)=N2.OCCBr.[Na+]. The summed E-state index contributed by atoms with van der Waals surface area (Å²) in [5.74, 6) is 0.378. The third-order valence-corrected chi connectivity index (χ3v) is 13.3. The van der Waals surface area contributed by atoms with Crippen LogP contribution in [-0.2, 0) is 105 Å². The average molecular weight is 1260 g/mol. The number of aliphatic imine (C=N–C) groups is 1. The van der Waals surface area contributed by atoms with Crippen molar-refractivity contribution >= 4 is 118 Å². The maximum absolute atomic E-state index is 12.1. The van der Waals surface area contributed by atoms with Gasteiger partial charge in [0, 0.05) is 94.0 Å². The number of aryl methyl sites for hydroxylation is 3. The van der Waals surface area contributed by atoms with Crippen LogP contribution >= 0.6 is 50.9 Å². The first-order chi connectivity index (χ1) is 35.1. The Kier molecular flexibility index (Phi) is 27.5. The largest absolute Gasteiger partial charge is 1.00 e. The first-order valence-electron chi connectivity index (χ1n) is 21.5. The number of aliphatic hydroxyl groups is 4. The van der Waals surface area contributed by atoms with Crippen molar-refractivity contribution in [2.45, 2.75) is 43.8 Å². The number of hydrogen-bond acceptors (Lipinski definition) is 20. The molecule has 77 heavy (non-hydrogen) atoms. The number of sulfone groups is 1. The molecule has 7 aromatic heterocycles. The van der Waals surface area contributed by atoms with E-state index in [1.54, 1.807) is 24.9 Å². The monoisotopic (exact) mass is 1250 g/mol. The van der Waals surface area contributed by atoms with Crippen molar-refractivity contribution in [3.05, 3.63) is 94.2 Å². The van der Waals surface area contributed by atoms with Crippen LogP contribution in [-0.4, -0.2) is 150 Å². The van der Waals surface area contributed by atoms with Crippen LogP contribution in [0.3, 0.4) is 0 Å². The molecular weight excluding hydrogens is 1200 g/mol. The number of rotatable bonds is 9. The second-order valence-corrected chi connectivity index (χ2v) is 19.7. The molecule has 0 aromatic carbocycles. The minimum atomic E-state index is -3.70. The van der Waals surface area contributed by atoms with Gasteiger partial charge in [-0.3, -0.25) is 55.7 Å². The minimum absolute atomic E-state index is 0. The number of nitrogens with zero attached hydrogens (tertiary/aromatic N) is 15.